The first-order valence-corrected chi connectivity index (χ1v) is 20.4. The van der Waals surface area contributed by atoms with Gasteiger partial charge in [-0.15, -0.1) is 0 Å². The highest BCUT2D eigenvalue weighted by molar-refractivity contribution is 6.32. The Balaban J connectivity index is 0.000000177. The van der Waals surface area contributed by atoms with E-state index in [-0.39, 0.29) is 11.4 Å². The molecule has 0 atom stereocenters. The van der Waals surface area contributed by atoms with Gasteiger partial charge in [0.1, 0.15) is 11.5 Å². The fourth-order valence-corrected chi connectivity index (χ4v) is 8.79. The summed E-state index contributed by atoms with van der Waals surface area (Å²) in [5.41, 5.74) is 6.78. The number of ether oxygens (including phenoxy) is 2. The largest absolute Gasteiger partial charge is 0.497 e. The summed E-state index contributed by atoms with van der Waals surface area (Å²) < 4.78 is 13.8. The van der Waals surface area contributed by atoms with Crippen molar-refractivity contribution in [2.75, 3.05) is 14.2 Å². The average Bonchev–Trinajstić information content (AvgIpc) is 3.92. The zero-order chi connectivity index (χ0) is 40.8. The molecule has 6 aromatic rings. The van der Waals surface area contributed by atoms with Gasteiger partial charge in [0.05, 0.1) is 37.0 Å². The lowest BCUT2D eigenvalue weighted by atomic mass is 9.84. The topological polar surface area (TPSA) is 129 Å². The standard InChI is InChI=1S/2C23H23ClN2O3/c2*1-29-18-9-5-8-17(13-18)26-22(14-21(25-26)23(27)28)16-10-11-19(20(24)12-16)15-6-3-2-4-7-15/h2*5,8-15H,2-4,6-7H2,1H3,(H,27,28). The Kier molecular flexibility index (Phi) is 12.8. The van der Waals surface area contributed by atoms with Crippen LogP contribution in [0, 0.1) is 0 Å². The molecule has 2 heterocycles. The SMILES string of the molecule is COc1cccc(-n2nc(C(=O)O)cc2-c2ccc(C3CCCCC3)c(Cl)c2)c1.COc1cccc(-n2nc(C(=O)O)cc2-c2ccc(C3CCCCC3)c(Cl)c2)c1. The Bertz CT molecular complexity index is 2240. The van der Waals surface area contributed by atoms with Crippen LogP contribution in [0.2, 0.25) is 10.0 Å². The molecule has 8 rings (SSSR count). The van der Waals surface area contributed by atoms with E-state index in [2.05, 4.69) is 22.3 Å². The first kappa shape index (κ1) is 40.6. The van der Waals surface area contributed by atoms with Gasteiger partial charge in [-0.2, -0.15) is 10.2 Å². The van der Waals surface area contributed by atoms with Gasteiger partial charge in [-0.25, -0.2) is 19.0 Å². The van der Waals surface area contributed by atoms with Crippen molar-refractivity contribution in [2.24, 2.45) is 0 Å². The van der Waals surface area contributed by atoms with Crippen molar-refractivity contribution in [1.82, 2.24) is 19.6 Å². The summed E-state index contributed by atoms with van der Waals surface area (Å²) in [6, 6.07) is 29.9. The summed E-state index contributed by atoms with van der Waals surface area (Å²) >= 11 is 13.3. The van der Waals surface area contributed by atoms with E-state index in [9.17, 15) is 19.8 Å². The summed E-state index contributed by atoms with van der Waals surface area (Å²) in [5.74, 6) is 0.208. The van der Waals surface area contributed by atoms with Crippen molar-refractivity contribution in [3.8, 4) is 45.4 Å². The molecule has 0 saturated heterocycles. The molecule has 2 aliphatic rings. The van der Waals surface area contributed by atoms with Crippen molar-refractivity contribution in [2.45, 2.75) is 76.0 Å². The maximum atomic E-state index is 11.6. The van der Waals surface area contributed by atoms with E-state index in [1.165, 1.54) is 75.3 Å². The number of carboxylic acids is 2. The number of hydrogen-bond acceptors (Lipinski definition) is 6. The Morgan fingerprint density at radius 2 is 0.966 bits per heavy atom. The van der Waals surface area contributed by atoms with Gasteiger partial charge in [0.2, 0.25) is 0 Å². The highest BCUT2D eigenvalue weighted by atomic mass is 35.5. The van der Waals surface area contributed by atoms with E-state index in [0.717, 1.165) is 32.5 Å². The summed E-state index contributed by atoms with van der Waals surface area (Å²) in [5, 5.41) is 29.0. The number of halogens is 2. The monoisotopic (exact) mass is 820 g/mol. The second-order valence-electron chi connectivity index (χ2n) is 14.8. The van der Waals surface area contributed by atoms with Crippen LogP contribution < -0.4 is 9.47 Å². The number of aromatic carboxylic acids is 2. The minimum absolute atomic E-state index is 0.0182. The smallest absolute Gasteiger partial charge is 0.356 e. The van der Waals surface area contributed by atoms with Crippen LogP contribution in [0.4, 0.5) is 0 Å². The number of nitrogens with zero attached hydrogens (tertiary/aromatic N) is 4. The fourth-order valence-electron chi connectivity index (χ4n) is 8.12. The van der Waals surface area contributed by atoms with Crippen LogP contribution in [-0.4, -0.2) is 55.9 Å². The molecule has 0 aliphatic heterocycles. The van der Waals surface area contributed by atoms with Crippen LogP contribution in [0.15, 0.2) is 97.1 Å². The summed E-state index contributed by atoms with van der Waals surface area (Å²) in [6.07, 6.45) is 12.2. The van der Waals surface area contributed by atoms with E-state index < -0.39 is 11.9 Å². The number of rotatable bonds is 10. The Morgan fingerprint density at radius 1 is 0.569 bits per heavy atom. The van der Waals surface area contributed by atoms with Crippen LogP contribution >= 0.6 is 23.2 Å². The quantitative estimate of drug-likeness (QED) is 0.140. The first-order valence-electron chi connectivity index (χ1n) is 19.7. The third-order valence-corrected chi connectivity index (χ3v) is 11.8. The Morgan fingerprint density at radius 3 is 1.31 bits per heavy atom. The van der Waals surface area contributed by atoms with Crippen molar-refractivity contribution in [1.29, 1.82) is 0 Å². The predicted molar refractivity (Wildman–Crippen MR) is 227 cm³/mol. The zero-order valence-electron chi connectivity index (χ0n) is 32.5. The molecule has 4 aromatic carbocycles. The molecule has 58 heavy (non-hydrogen) atoms. The van der Waals surface area contributed by atoms with Gasteiger partial charge in [0.15, 0.2) is 11.4 Å². The maximum absolute atomic E-state index is 11.6. The molecule has 0 unspecified atom stereocenters. The minimum Gasteiger partial charge on any atom is -0.497 e. The van der Waals surface area contributed by atoms with Gasteiger partial charge in [0, 0.05) is 33.3 Å². The van der Waals surface area contributed by atoms with Crippen LogP contribution in [-0.2, 0) is 0 Å². The van der Waals surface area contributed by atoms with Crippen LogP contribution in [0.25, 0.3) is 33.9 Å². The minimum atomic E-state index is -1.07. The van der Waals surface area contributed by atoms with E-state index in [1.54, 1.807) is 35.7 Å². The second kappa shape index (κ2) is 18.3. The number of carboxylic acid groups (broad SMARTS) is 2. The highest BCUT2D eigenvalue weighted by Crippen LogP contribution is 2.40. The van der Waals surface area contributed by atoms with Gasteiger partial charge >= 0.3 is 11.9 Å². The summed E-state index contributed by atoms with van der Waals surface area (Å²) in [4.78, 5) is 23.1. The van der Waals surface area contributed by atoms with Crippen molar-refractivity contribution in [3.63, 3.8) is 0 Å². The molecule has 2 aliphatic carbocycles. The summed E-state index contributed by atoms with van der Waals surface area (Å²) in [6.45, 7) is 0. The van der Waals surface area contributed by atoms with Crippen LogP contribution in [0.3, 0.4) is 0 Å². The molecular formula is C46H46Cl2N4O6. The Labute approximate surface area is 348 Å². The number of methoxy groups -OCH3 is 2. The number of aromatic nitrogens is 4. The molecule has 2 N–H and O–H groups in total. The van der Waals surface area contributed by atoms with E-state index in [0.29, 0.717) is 34.7 Å². The predicted octanol–water partition coefficient (Wildman–Crippen LogP) is 11.9. The molecule has 12 heteroatoms. The highest BCUT2D eigenvalue weighted by Gasteiger charge is 2.23. The molecule has 10 nitrogen and oxygen atoms in total. The molecule has 0 radical (unpaired) electrons. The molecule has 2 aromatic heterocycles. The van der Waals surface area contributed by atoms with Crippen LogP contribution in [0.5, 0.6) is 11.5 Å². The number of carbonyl (C=O) groups is 2. The second-order valence-corrected chi connectivity index (χ2v) is 15.6. The lowest BCUT2D eigenvalue weighted by molar-refractivity contribution is 0.0679. The van der Waals surface area contributed by atoms with E-state index in [4.69, 9.17) is 32.7 Å². The van der Waals surface area contributed by atoms with Gasteiger partial charge in [-0.1, -0.05) is 98.1 Å². The third-order valence-electron chi connectivity index (χ3n) is 11.1. The lowest BCUT2D eigenvalue weighted by Crippen LogP contribution is -2.05. The molecule has 300 valence electrons. The van der Waals surface area contributed by atoms with Crippen molar-refractivity contribution >= 4 is 35.1 Å². The van der Waals surface area contributed by atoms with Gasteiger partial charge < -0.3 is 19.7 Å². The van der Waals surface area contributed by atoms with E-state index >= 15 is 0 Å². The molecule has 0 bridgehead atoms. The molecular weight excluding hydrogens is 775 g/mol. The summed E-state index contributed by atoms with van der Waals surface area (Å²) in [7, 11) is 3.19. The van der Waals surface area contributed by atoms with Gasteiger partial charge in [0.25, 0.3) is 0 Å². The molecule has 0 amide bonds. The molecule has 2 saturated carbocycles. The molecule has 2 fully saturated rings. The van der Waals surface area contributed by atoms with Crippen LogP contribution in [0.1, 0.15) is 108 Å². The van der Waals surface area contributed by atoms with E-state index in [1.807, 2.05) is 72.8 Å². The number of hydrogen-bond donors (Lipinski definition) is 2. The fraction of sp³-hybridized carbons (Fsp3) is 0.304. The maximum Gasteiger partial charge on any atom is 0.356 e. The zero-order valence-corrected chi connectivity index (χ0v) is 34.0. The molecule has 0 spiro atoms. The van der Waals surface area contributed by atoms with Gasteiger partial charge in [-0.05, 0) is 97.2 Å². The van der Waals surface area contributed by atoms with Crippen molar-refractivity contribution < 1.29 is 29.3 Å². The lowest BCUT2D eigenvalue weighted by Gasteiger charge is -2.23. The normalized spacial score (nSPS) is 14.7. The van der Waals surface area contributed by atoms with Gasteiger partial charge in [-0.3, -0.25) is 0 Å². The number of benzene rings is 4. The average molecular weight is 822 g/mol. The third kappa shape index (κ3) is 9.09. The first-order chi connectivity index (χ1) is 28.1. The Hall–Kier alpha value is -5.58. The van der Waals surface area contributed by atoms with Crippen molar-refractivity contribution in [3.05, 3.63) is 130 Å².